The highest BCUT2D eigenvalue weighted by Gasteiger charge is 2.14. The fourth-order valence-electron chi connectivity index (χ4n) is 1.46. The lowest BCUT2D eigenvalue weighted by Gasteiger charge is -2.11. The zero-order valence-electron chi connectivity index (χ0n) is 9.01. The van der Waals surface area contributed by atoms with Crippen molar-refractivity contribution in [2.45, 2.75) is 13.8 Å². The maximum atomic E-state index is 5.72. The van der Waals surface area contributed by atoms with Crippen LogP contribution in [0, 0.1) is 13.8 Å². The number of nitrogens with two attached hydrogens (primary N) is 1. The summed E-state index contributed by atoms with van der Waals surface area (Å²) >= 11 is 5.05. The zero-order valence-corrected chi connectivity index (χ0v) is 9.82. The molecule has 5 nitrogen and oxygen atoms in total. The van der Waals surface area contributed by atoms with Crippen LogP contribution in [0.5, 0.6) is 0 Å². The van der Waals surface area contributed by atoms with Crippen LogP contribution >= 0.6 is 12.2 Å². The van der Waals surface area contributed by atoms with E-state index in [4.69, 9.17) is 18.0 Å². The van der Waals surface area contributed by atoms with Crippen molar-refractivity contribution in [1.82, 2.24) is 19.7 Å². The van der Waals surface area contributed by atoms with Crippen molar-refractivity contribution in [2.75, 3.05) is 0 Å². The normalized spacial score (nSPS) is 10.4. The van der Waals surface area contributed by atoms with E-state index >= 15 is 0 Å². The lowest BCUT2D eigenvalue weighted by molar-refractivity contribution is 0.876. The Balaban J connectivity index is 2.71. The standard InChI is InChI=1S/C10H11N5S/c1-6-7(2)13-14-10(8(6)9(11)16)15-4-3-12-5-15/h3-5H,1-2H3,(H2,11,16). The average molecular weight is 233 g/mol. The Morgan fingerprint density at radius 2 is 2.12 bits per heavy atom. The van der Waals surface area contributed by atoms with E-state index in [1.54, 1.807) is 23.3 Å². The van der Waals surface area contributed by atoms with Crippen molar-refractivity contribution in [1.29, 1.82) is 0 Å². The second kappa shape index (κ2) is 3.97. The molecule has 0 aliphatic carbocycles. The smallest absolute Gasteiger partial charge is 0.171 e. The molecule has 82 valence electrons. The molecular formula is C10H11N5S. The number of imidazole rings is 1. The maximum absolute atomic E-state index is 5.72. The van der Waals surface area contributed by atoms with Gasteiger partial charge < -0.3 is 5.73 Å². The minimum atomic E-state index is 0.319. The fourth-order valence-corrected chi connectivity index (χ4v) is 1.70. The molecule has 0 aliphatic rings. The number of rotatable bonds is 2. The molecule has 2 rings (SSSR count). The molecule has 0 spiro atoms. The number of aromatic nitrogens is 4. The summed E-state index contributed by atoms with van der Waals surface area (Å²) in [6.45, 7) is 3.81. The maximum Gasteiger partial charge on any atom is 0.171 e. The second-order valence-corrected chi connectivity index (χ2v) is 3.88. The average Bonchev–Trinajstić information content (AvgIpc) is 2.74. The summed E-state index contributed by atoms with van der Waals surface area (Å²) in [7, 11) is 0. The molecule has 16 heavy (non-hydrogen) atoms. The molecule has 6 heteroatoms. The fraction of sp³-hybridized carbons (Fsp3) is 0.200. The molecule has 0 fully saturated rings. The lowest BCUT2D eigenvalue weighted by Crippen LogP contribution is -2.18. The predicted octanol–water partition coefficient (Wildman–Crippen LogP) is 0.913. The SMILES string of the molecule is Cc1nnc(-n2ccnc2)c(C(N)=S)c1C. The van der Waals surface area contributed by atoms with Crippen LogP contribution in [0.4, 0.5) is 0 Å². The number of hydrogen-bond acceptors (Lipinski definition) is 4. The number of nitrogens with zero attached hydrogens (tertiary/aromatic N) is 4. The molecule has 2 heterocycles. The Labute approximate surface area is 98.3 Å². The van der Waals surface area contributed by atoms with Gasteiger partial charge in [0.25, 0.3) is 0 Å². The molecule has 0 aromatic carbocycles. The quantitative estimate of drug-likeness (QED) is 0.781. The van der Waals surface area contributed by atoms with Gasteiger partial charge >= 0.3 is 0 Å². The van der Waals surface area contributed by atoms with Gasteiger partial charge in [-0.25, -0.2) is 4.98 Å². The number of hydrogen-bond donors (Lipinski definition) is 1. The Hall–Kier alpha value is -1.82. The van der Waals surface area contributed by atoms with E-state index < -0.39 is 0 Å². The summed E-state index contributed by atoms with van der Waals surface area (Å²) in [6.07, 6.45) is 5.08. The molecule has 0 saturated heterocycles. The van der Waals surface area contributed by atoms with Crippen LogP contribution in [-0.2, 0) is 0 Å². The van der Waals surface area contributed by atoms with Crippen molar-refractivity contribution in [3.8, 4) is 5.82 Å². The van der Waals surface area contributed by atoms with Crippen LogP contribution in [0.1, 0.15) is 16.8 Å². The van der Waals surface area contributed by atoms with E-state index in [2.05, 4.69) is 15.2 Å². The topological polar surface area (TPSA) is 69.6 Å². The van der Waals surface area contributed by atoms with Crippen LogP contribution in [-0.4, -0.2) is 24.7 Å². The van der Waals surface area contributed by atoms with Crippen LogP contribution < -0.4 is 5.73 Å². The first-order chi connectivity index (χ1) is 7.61. The van der Waals surface area contributed by atoms with E-state index in [-0.39, 0.29) is 0 Å². The van der Waals surface area contributed by atoms with Gasteiger partial charge in [0.05, 0.1) is 11.3 Å². The molecule has 0 bridgehead atoms. The van der Waals surface area contributed by atoms with E-state index in [9.17, 15) is 0 Å². The minimum Gasteiger partial charge on any atom is -0.389 e. The minimum absolute atomic E-state index is 0.319. The molecule has 0 aliphatic heterocycles. The summed E-state index contributed by atoms with van der Waals surface area (Å²) in [6, 6.07) is 0. The van der Waals surface area contributed by atoms with E-state index in [0.29, 0.717) is 10.8 Å². The van der Waals surface area contributed by atoms with Gasteiger partial charge in [-0.1, -0.05) is 12.2 Å². The van der Waals surface area contributed by atoms with Crippen molar-refractivity contribution in [3.63, 3.8) is 0 Å². The Morgan fingerprint density at radius 1 is 1.38 bits per heavy atom. The van der Waals surface area contributed by atoms with Gasteiger partial charge in [-0.3, -0.25) is 4.57 Å². The first kappa shape index (κ1) is 10.7. The third-order valence-electron chi connectivity index (χ3n) is 2.43. The third kappa shape index (κ3) is 1.67. The first-order valence-corrected chi connectivity index (χ1v) is 5.14. The Bertz CT molecular complexity index is 532. The highest BCUT2D eigenvalue weighted by molar-refractivity contribution is 7.80. The molecular weight excluding hydrogens is 222 g/mol. The van der Waals surface area contributed by atoms with Crippen LogP contribution in [0.2, 0.25) is 0 Å². The third-order valence-corrected chi connectivity index (χ3v) is 2.64. The summed E-state index contributed by atoms with van der Waals surface area (Å²) in [5, 5.41) is 8.17. The molecule has 0 atom stereocenters. The Kier molecular flexibility index (Phi) is 2.66. The van der Waals surface area contributed by atoms with Gasteiger partial charge in [0, 0.05) is 12.4 Å². The van der Waals surface area contributed by atoms with Crippen LogP contribution in [0.3, 0.4) is 0 Å². The van der Waals surface area contributed by atoms with Crippen molar-refractivity contribution in [2.24, 2.45) is 5.73 Å². The summed E-state index contributed by atoms with van der Waals surface area (Å²) < 4.78 is 1.74. The van der Waals surface area contributed by atoms with Gasteiger partial charge in [-0.2, -0.15) is 5.10 Å². The van der Waals surface area contributed by atoms with Gasteiger partial charge in [-0.15, -0.1) is 5.10 Å². The number of thiocarbonyl (C=S) groups is 1. The first-order valence-electron chi connectivity index (χ1n) is 4.73. The predicted molar refractivity (Wildman–Crippen MR) is 64.5 cm³/mol. The van der Waals surface area contributed by atoms with E-state index in [1.807, 2.05) is 13.8 Å². The highest BCUT2D eigenvalue weighted by Crippen LogP contribution is 2.17. The lowest BCUT2D eigenvalue weighted by atomic mass is 10.1. The largest absolute Gasteiger partial charge is 0.389 e. The van der Waals surface area contributed by atoms with E-state index in [0.717, 1.165) is 16.8 Å². The summed E-state index contributed by atoms with van der Waals surface area (Å²) in [5.74, 6) is 0.619. The molecule has 0 unspecified atom stereocenters. The highest BCUT2D eigenvalue weighted by atomic mass is 32.1. The van der Waals surface area contributed by atoms with Gasteiger partial charge in [0.15, 0.2) is 5.82 Å². The molecule has 2 aromatic rings. The molecule has 0 saturated carbocycles. The van der Waals surface area contributed by atoms with Crippen molar-refractivity contribution < 1.29 is 0 Å². The van der Waals surface area contributed by atoms with Crippen LogP contribution in [0.25, 0.3) is 5.82 Å². The molecule has 0 amide bonds. The van der Waals surface area contributed by atoms with Gasteiger partial charge in [0.1, 0.15) is 11.3 Å². The summed E-state index contributed by atoms with van der Waals surface area (Å²) in [5.41, 5.74) is 8.25. The zero-order chi connectivity index (χ0) is 11.7. The van der Waals surface area contributed by atoms with Crippen molar-refractivity contribution in [3.05, 3.63) is 35.5 Å². The molecule has 0 radical (unpaired) electrons. The molecule has 2 aromatic heterocycles. The number of aryl methyl sites for hydroxylation is 1. The van der Waals surface area contributed by atoms with Crippen LogP contribution in [0.15, 0.2) is 18.7 Å². The van der Waals surface area contributed by atoms with Gasteiger partial charge in [-0.05, 0) is 19.4 Å². The van der Waals surface area contributed by atoms with Gasteiger partial charge in [0.2, 0.25) is 0 Å². The summed E-state index contributed by atoms with van der Waals surface area (Å²) in [4.78, 5) is 4.28. The second-order valence-electron chi connectivity index (χ2n) is 3.44. The van der Waals surface area contributed by atoms with E-state index in [1.165, 1.54) is 0 Å². The Morgan fingerprint density at radius 3 is 2.69 bits per heavy atom. The molecule has 2 N–H and O–H groups in total. The van der Waals surface area contributed by atoms with Crippen molar-refractivity contribution >= 4 is 17.2 Å². The monoisotopic (exact) mass is 233 g/mol.